The molecular weight excluding hydrogens is 677 g/mol. The van der Waals surface area contributed by atoms with Gasteiger partial charge in [-0.25, -0.2) is 0 Å². The molecule has 0 bridgehead atoms. The average molecular weight is 711 g/mol. The standard InChI is InChI=1S/C55H34O/c1-3-19-40(20-4-1)55(41-21-5-2-6-22-41)49-27-12-11-24-45(49)53-47(44-26-13-18-35-15-9-10-23-42(35)44)33-39-30-29-38(32-46(39)54(53)55)43-25-14-28-50-52(43)48-31-36-16-7-8-17-37(36)34-51(48)56-50/h1-34H. The zero-order valence-corrected chi connectivity index (χ0v) is 30.5. The van der Waals surface area contributed by atoms with Gasteiger partial charge in [-0.05, 0) is 118 Å². The first kappa shape index (κ1) is 31.2. The summed E-state index contributed by atoms with van der Waals surface area (Å²) >= 11 is 0. The number of fused-ring (bicyclic) bond motifs is 10. The van der Waals surface area contributed by atoms with E-state index >= 15 is 0 Å². The van der Waals surface area contributed by atoms with Gasteiger partial charge in [-0.2, -0.15) is 0 Å². The molecule has 0 atom stereocenters. The second kappa shape index (κ2) is 11.9. The fourth-order valence-electron chi connectivity index (χ4n) is 9.96. The zero-order valence-electron chi connectivity index (χ0n) is 30.5. The average Bonchev–Trinajstić information content (AvgIpc) is 3.79. The molecule has 260 valence electrons. The molecule has 0 amide bonds. The molecule has 0 saturated carbocycles. The van der Waals surface area contributed by atoms with E-state index in [4.69, 9.17) is 4.42 Å². The van der Waals surface area contributed by atoms with Gasteiger partial charge < -0.3 is 4.42 Å². The Labute approximate surface area is 324 Å². The highest BCUT2D eigenvalue weighted by Crippen LogP contribution is 2.61. The highest BCUT2D eigenvalue weighted by Gasteiger charge is 2.48. The summed E-state index contributed by atoms with van der Waals surface area (Å²) in [6.07, 6.45) is 0. The van der Waals surface area contributed by atoms with Crippen molar-refractivity contribution < 1.29 is 4.42 Å². The summed E-state index contributed by atoms with van der Waals surface area (Å²) in [5, 5.41) is 9.65. The minimum absolute atomic E-state index is 0.570. The van der Waals surface area contributed by atoms with E-state index in [2.05, 4.69) is 206 Å². The molecule has 11 aromatic rings. The second-order valence-electron chi connectivity index (χ2n) is 15.1. The minimum atomic E-state index is -0.570. The predicted molar refractivity (Wildman–Crippen MR) is 234 cm³/mol. The minimum Gasteiger partial charge on any atom is -0.456 e. The van der Waals surface area contributed by atoms with Gasteiger partial charge in [0.05, 0.1) is 5.41 Å². The molecule has 1 nitrogen and oxygen atoms in total. The normalized spacial score (nSPS) is 13.1. The number of furan rings is 1. The van der Waals surface area contributed by atoms with Gasteiger partial charge in [0.1, 0.15) is 11.2 Å². The molecule has 10 aromatic carbocycles. The van der Waals surface area contributed by atoms with E-state index in [-0.39, 0.29) is 0 Å². The van der Waals surface area contributed by atoms with E-state index in [1.165, 1.54) is 88.0 Å². The lowest BCUT2D eigenvalue weighted by Crippen LogP contribution is -2.28. The van der Waals surface area contributed by atoms with Crippen LogP contribution in [-0.4, -0.2) is 0 Å². The van der Waals surface area contributed by atoms with Crippen molar-refractivity contribution in [2.75, 3.05) is 0 Å². The summed E-state index contributed by atoms with van der Waals surface area (Å²) < 4.78 is 6.58. The third kappa shape index (κ3) is 4.31. The maximum atomic E-state index is 6.58. The van der Waals surface area contributed by atoms with Crippen LogP contribution in [0.25, 0.3) is 87.6 Å². The Morgan fingerprint density at radius 3 is 1.77 bits per heavy atom. The van der Waals surface area contributed by atoms with Crippen LogP contribution in [0.5, 0.6) is 0 Å². The zero-order chi connectivity index (χ0) is 36.8. The molecule has 0 fully saturated rings. The summed E-state index contributed by atoms with van der Waals surface area (Å²) in [5.41, 5.74) is 13.8. The van der Waals surface area contributed by atoms with Gasteiger partial charge in [-0.3, -0.25) is 0 Å². The third-order valence-electron chi connectivity index (χ3n) is 12.3. The summed E-state index contributed by atoms with van der Waals surface area (Å²) in [7, 11) is 0. The molecule has 1 aliphatic rings. The van der Waals surface area contributed by atoms with Crippen LogP contribution in [0, 0.1) is 0 Å². The lowest BCUT2D eigenvalue weighted by atomic mass is 9.66. The van der Waals surface area contributed by atoms with E-state index in [1.807, 2.05) is 0 Å². The quantitative estimate of drug-likeness (QED) is 0.177. The Morgan fingerprint density at radius 1 is 0.339 bits per heavy atom. The summed E-state index contributed by atoms with van der Waals surface area (Å²) in [5.74, 6) is 0. The van der Waals surface area contributed by atoms with Gasteiger partial charge in [-0.15, -0.1) is 0 Å². The molecule has 1 aromatic heterocycles. The van der Waals surface area contributed by atoms with E-state index in [9.17, 15) is 0 Å². The van der Waals surface area contributed by atoms with Gasteiger partial charge in [0.15, 0.2) is 0 Å². The summed E-state index contributed by atoms with van der Waals surface area (Å²) in [6, 6.07) is 76.0. The number of hydrogen-bond donors (Lipinski definition) is 0. The smallest absolute Gasteiger partial charge is 0.136 e. The Kier molecular flexibility index (Phi) is 6.62. The van der Waals surface area contributed by atoms with Gasteiger partial charge in [0, 0.05) is 10.8 Å². The third-order valence-corrected chi connectivity index (χ3v) is 12.3. The Bertz CT molecular complexity index is 3310. The maximum absolute atomic E-state index is 6.58. The first-order valence-electron chi connectivity index (χ1n) is 19.4. The molecule has 0 saturated heterocycles. The fourth-order valence-corrected chi connectivity index (χ4v) is 9.96. The molecule has 56 heavy (non-hydrogen) atoms. The van der Waals surface area contributed by atoms with E-state index in [0.29, 0.717) is 0 Å². The van der Waals surface area contributed by atoms with Crippen LogP contribution in [0.2, 0.25) is 0 Å². The van der Waals surface area contributed by atoms with Gasteiger partial charge in [0.2, 0.25) is 0 Å². The van der Waals surface area contributed by atoms with Crippen LogP contribution in [-0.2, 0) is 5.41 Å². The SMILES string of the molecule is c1ccc(C2(c3ccccc3)c3ccccc3-c3c(-c4cccc5ccccc45)cc4ccc(-c5cccc6oc7cc8ccccc8cc7c56)cc4c32)cc1. The van der Waals surface area contributed by atoms with Crippen molar-refractivity contribution in [1.29, 1.82) is 0 Å². The van der Waals surface area contributed by atoms with Crippen molar-refractivity contribution in [3.8, 4) is 33.4 Å². The predicted octanol–water partition coefficient (Wildman–Crippen LogP) is 14.7. The van der Waals surface area contributed by atoms with Crippen LogP contribution in [0.15, 0.2) is 211 Å². The molecule has 0 N–H and O–H groups in total. The molecule has 1 heteroatoms. The number of benzene rings is 10. The van der Waals surface area contributed by atoms with Crippen LogP contribution < -0.4 is 0 Å². The molecule has 0 radical (unpaired) electrons. The van der Waals surface area contributed by atoms with Gasteiger partial charge in [0.25, 0.3) is 0 Å². The number of rotatable bonds is 4. The topological polar surface area (TPSA) is 13.1 Å². The second-order valence-corrected chi connectivity index (χ2v) is 15.1. The number of hydrogen-bond acceptors (Lipinski definition) is 1. The lowest BCUT2D eigenvalue weighted by Gasteiger charge is -2.35. The van der Waals surface area contributed by atoms with Gasteiger partial charge in [-0.1, -0.05) is 176 Å². The monoisotopic (exact) mass is 710 g/mol. The van der Waals surface area contributed by atoms with Crippen molar-refractivity contribution in [3.05, 3.63) is 229 Å². The van der Waals surface area contributed by atoms with Crippen LogP contribution in [0.4, 0.5) is 0 Å². The molecular formula is C55H34O. The largest absolute Gasteiger partial charge is 0.456 e. The maximum Gasteiger partial charge on any atom is 0.136 e. The van der Waals surface area contributed by atoms with Gasteiger partial charge >= 0.3 is 0 Å². The lowest BCUT2D eigenvalue weighted by molar-refractivity contribution is 0.669. The van der Waals surface area contributed by atoms with Crippen LogP contribution in [0.1, 0.15) is 22.3 Å². The van der Waals surface area contributed by atoms with Crippen molar-refractivity contribution in [2.24, 2.45) is 0 Å². The van der Waals surface area contributed by atoms with E-state index < -0.39 is 5.41 Å². The van der Waals surface area contributed by atoms with Crippen LogP contribution in [0.3, 0.4) is 0 Å². The molecule has 0 aliphatic heterocycles. The Morgan fingerprint density at radius 2 is 0.964 bits per heavy atom. The molecule has 1 aliphatic carbocycles. The Hall–Kier alpha value is -7.22. The first-order chi connectivity index (χ1) is 27.8. The highest BCUT2D eigenvalue weighted by atomic mass is 16.3. The Balaban J connectivity index is 1.25. The van der Waals surface area contributed by atoms with Crippen molar-refractivity contribution in [3.63, 3.8) is 0 Å². The molecule has 12 rings (SSSR count). The van der Waals surface area contributed by atoms with Crippen molar-refractivity contribution >= 4 is 54.3 Å². The van der Waals surface area contributed by atoms with Crippen LogP contribution >= 0.6 is 0 Å². The molecule has 0 spiro atoms. The van der Waals surface area contributed by atoms with E-state index in [0.717, 1.165) is 21.9 Å². The van der Waals surface area contributed by atoms with Crippen molar-refractivity contribution in [2.45, 2.75) is 5.41 Å². The summed E-state index contributed by atoms with van der Waals surface area (Å²) in [4.78, 5) is 0. The molecule has 1 heterocycles. The highest BCUT2D eigenvalue weighted by molar-refractivity contribution is 6.17. The summed E-state index contributed by atoms with van der Waals surface area (Å²) in [6.45, 7) is 0. The van der Waals surface area contributed by atoms with E-state index in [1.54, 1.807) is 0 Å². The van der Waals surface area contributed by atoms with Crippen molar-refractivity contribution in [1.82, 2.24) is 0 Å². The first-order valence-corrected chi connectivity index (χ1v) is 19.4. The fraction of sp³-hybridized carbons (Fsp3) is 0.0182. The molecule has 0 unspecified atom stereocenters.